The molecule has 0 amide bonds. The molecule has 7 heteroatoms. The predicted octanol–water partition coefficient (Wildman–Crippen LogP) is 1.17. The molecular weight excluding hydrogens is 261 g/mol. The molecule has 20 heavy (non-hydrogen) atoms. The predicted molar refractivity (Wildman–Crippen MR) is 69.8 cm³/mol. The van der Waals surface area contributed by atoms with Crippen molar-refractivity contribution >= 4 is 0 Å². The van der Waals surface area contributed by atoms with Crippen molar-refractivity contribution < 1.29 is 4.39 Å². The summed E-state index contributed by atoms with van der Waals surface area (Å²) in [6, 6.07) is 7.27. The Labute approximate surface area is 113 Å². The van der Waals surface area contributed by atoms with Gasteiger partial charge in [0, 0.05) is 24.9 Å². The van der Waals surface area contributed by atoms with Gasteiger partial charge in [-0.25, -0.2) is 9.07 Å². The fourth-order valence-electron chi connectivity index (χ4n) is 1.92. The number of nitrogens with zero attached hydrogens (tertiary/aromatic N) is 5. The van der Waals surface area contributed by atoms with Gasteiger partial charge in [0.05, 0.1) is 11.9 Å². The Bertz CT molecular complexity index is 823. The molecule has 0 unspecified atom stereocenters. The molecule has 0 spiro atoms. The van der Waals surface area contributed by atoms with Crippen molar-refractivity contribution in [3.8, 4) is 16.9 Å². The van der Waals surface area contributed by atoms with Crippen molar-refractivity contribution in [3.05, 3.63) is 58.9 Å². The van der Waals surface area contributed by atoms with Gasteiger partial charge in [0.1, 0.15) is 11.5 Å². The molecule has 0 atom stereocenters. The Hall–Kier alpha value is -2.83. The van der Waals surface area contributed by atoms with Crippen LogP contribution in [0, 0.1) is 5.82 Å². The summed E-state index contributed by atoms with van der Waals surface area (Å²) in [5.41, 5.74) is 1.11. The Morgan fingerprint density at radius 3 is 2.80 bits per heavy atom. The molecule has 0 saturated carbocycles. The number of halogens is 1. The van der Waals surface area contributed by atoms with Crippen LogP contribution < -0.4 is 5.56 Å². The highest BCUT2D eigenvalue weighted by atomic mass is 19.1. The van der Waals surface area contributed by atoms with Gasteiger partial charge in [-0.15, -0.1) is 5.10 Å². The summed E-state index contributed by atoms with van der Waals surface area (Å²) in [6.07, 6.45) is 3.00. The maximum absolute atomic E-state index is 13.9. The molecule has 0 saturated heterocycles. The standard InChI is InChI=1S/C13H10FN5O/c1-18-12(8-15-17-18)9-4-5-10(14)11(7-9)19-13(20)3-2-6-16-19/h2-8H,1H3. The Morgan fingerprint density at radius 2 is 2.10 bits per heavy atom. The topological polar surface area (TPSA) is 65.6 Å². The van der Waals surface area contributed by atoms with Crippen molar-refractivity contribution in [3.63, 3.8) is 0 Å². The van der Waals surface area contributed by atoms with Gasteiger partial charge in [-0.05, 0) is 24.3 Å². The number of hydrogen-bond acceptors (Lipinski definition) is 4. The molecule has 0 radical (unpaired) electrons. The second kappa shape index (κ2) is 4.69. The van der Waals surface area contributed by atoms with Gasteiger partial charge in [-0.2, -0.15) is 9.78 Å². The van der Waals surface area contributed by atoms with Crippen LogP contribution in [0.1, 0.15) is 0 Å². The lowest BCUT2D eigenvalue weighted by atomic mass is 10.1. The Morgan fingerprint density at radius 1 is 1.25 bits per heavy atom. The summed E-state index contributed by atoms with van der Waals surface area (Å²) in [5.74, 6) is -0.523. The molecule has 3 rings (SSSR count). The lowest BCUT2D eigenvalue weighted by Gasteiger charge is -2.07. The minimum atomic E-state index is -0.523. The Kier molecular flexibility index (Phi) is 2.86. The number of aromatic nitrogens is 5. The lowest BCUT2D eigenvalue weighted by molar-refractivity contribution is 0.605. The maximum Gasteiger partial charge on any atom is 0.271 e. The summed E-state index contributed by atoms with van der Waals surface area (Å²) in [5, 5.41) is 11.5. The van der Waals surface area contributed by atoms with E-state index in [1.54, 1.807) is 30.1 Å². The highest BCUT2D eigenvalue weighted by molar-refractivity contribution is 5.61. The van der Waals surface area contributed by atoms with Crippen LogP contribution in [0.2, 0.25) is 0 Å². The zero-order valence-electron chi connectivity index (χ0n) is 10.6. The molecule has 0 bridgehead atoms. The third kappa shape index (κ3) is 1.99. The average molecular weight is 271 g/mol. The molecule has 2 aromatic heterocycles. The van der Waals surface area contributed by atoms with Gasteiger partial charge in [0.2, 0.25) is 0 Å². The average Bonchev–Trinajstić information content (AvgIpc) is 2.87. The van der Waals surface area contributed by atoms with Crippen molar-refractivity contribution in [2.24, 2.45) is 7.05 Å². The molecule has 100 valence electrons. The first-order chi connectivity index (χ1) is 9.66. The largest absolute Gasteiger partial charge is 0.271 e. The van der Waals surface area contributed by atoms with E-state index < -0.39 is 11.4 Å². The van der Waals surface area contributed by atoms with Gasteiger partial charge < -0.3 is 0 Å². The first-order valence-electron chi connectivity index (χ1n) is 5.86. The molecule has 1 aromatic carbocycles. The van der Waals surface area contributed by atoms with E-state index in [2.05, 4.69) is 15.4 Å². The van der Waals surface area contributed by atoms with Crippen molar-refractivity contribution in [2.45, 2.75) is 0 Å². The van der Waals surface area contributed by atoms with Crippen LogP contribution in [0.3, 0.4) is 0 Å². The van der Waals surface area contributed by atoms with Crippen LogP contribution in [0.15, 0.2) is 47.5 Å². The summed E-state index contributed by atoms with van der Waals surface area (Å²) < 4.78 is 16.5. The second-order valence-electron chi connectivity index (χ2n) is 4.18. The molecule has 0 fully saturated rings. The van der Waals surface area contributed by atoms with Crippen LogP contribution in [-0.2, 0) is 7.05 Å². The summed E-state index contributed by atoms with van der Waals surface area (Å²) in [4.78, 5) is 11.7. The highest BCUT2D eigenvalue weighted by Crippen LogP contribution is 2.21. The molecular formula is C13H10FN5O. The lowest BCUT2D eigenvalue weighted by Crippen LogP contribution is -2.20. The highest BCUT2D eigenvalue weighted by Gasteiger charge is 2.11. The molecule has 0 N–H and O–H groups in total. The Balaban J connectivity index is 2.20. The normalized spacial score (nSPS) is 10.7. The van der Waals surface area contributed by atoms with E-state index in [1.165, 1.54) is 24.4 Å². The van der Waals surface area contributed by atoms with E-state index in [0.29, 0.717) is 5.56 Å². The third-order valence-corrected chi connectivity index (χ3v) is 2.90. The van der Waals surface area contributed by atoms with Crippen LogP contribution in [0.25, 0.3) is 16.9 Å². The number of rotatable bonds is 2. The zero-order valence-corrected chi connectivity index (χ0v) is 10.6. The number of hydrogen-bond donors (Lipinski definition) is 0. The van der Waals surface area contributed by atoms with Crippen molar-refractivity contribution in [2.75, 3.05) is 0 Å². The van der Waals surface area contributed by atoms with Crippen molar-refractivity contribution in [1.82, 2.24) is 24.8 Å². The van der Waals surface area contributed by atoms with Gasteiger partial charge in [0.25, 0.3) is 5.56 Å². The van der Waals surface area contributed by atoms with E-state index in [0.717, 1.165) is 10.4 Å². The fraction of sp³-hybridized carbons (Fsp3) is 0.0769. The minimum Gasteiger partial charge on any atom is -0.267 e. The molecule has 0 aliphatic carbocycles. The van der Waals surface area contributed by atoms with Crippen LogP contribution in [0.5, 0.6) is 0 Å². The van der Waals surface area contributed by atoms with Crippen LogP contribution in [0.4, 0.5) is 4.39 Å². The molecule has 0 aliphatic heterocycles. The minimum absolute atomic E-state index is 0.0919. The number of benzene rings is 1. The summed E-state index contributed by atoms with van der Waals surface area (Å²) >= 11 is 0. The second-order valence-corrected chi connectivity index (χ2v) is 4.18. The van der Waals surface area contributed by atoms with E-state index in [4.69, 9.17) is 0 Å². The van der Waals surface area contributed by atoms with Crippen LogP contribution in [-0.4, -0.2) is 24.8 Å². The maximum atomic E-state index is 13.9. The van der Waals surface area contributed by atoms with Gasteiger partial charge in [-0.3, -0.25) is 4.79 Å². The summed E-state index contributed by atoms with van der Waals surface area (Å²) in [7, 11) is 1.73. The van der Waals surface area contributed by atoms with Crippen LogP contribution >= 0.6 is 0 Å². The SMILES string of the molecule is Cn1nncc1-c1ccc(F)c(-n2ncccc2=O)c1. The van der Waals surface area contributed by atoms with Gasteiger partial charge >= 0.3 is 0 Å². The summed E-state index contributed by atoms with van der Waals surface area (Å²) in [6.45, 7) is 0. The zero-order chi connectivity index (χ0) is 14.1. The first kappa shape index (κ1) is 12.2. The quantitative estimate of drug-likeness (QED) is 0.701. The smallest absolute Gasteiger partial charge is 0.267 e. The first-order valence-corrected chi connectivity index (χ1v) is 5.86. The molecule has 2 heterocycles. The van der Waals surface area contributed by atoms with Gasteiger partial charge in [-0.1, -0.05) is 5.21 Å². The number of aryl methyl sites for hydroxylation is 1. The van der Waals surface area contributed by atoms with Crippen molar-refractivity contribution in [1.29, 1.82) is 0 Å². The van der Waals surface area contributed by atoms with Gasteiger partial charge in [0.15, 0.2) is 0 Å². The fourth-order valence-corrected chi connectivity index (χ4v) is 1.92. The molecule has 3 aromatic rings. The third-order valence-electron chi connectivity index (χ3n) is 2.90. The van der Waals surface area contributed by atoms with E-state index in [9.17, 15) is 9.18 Å². The van der Waals surface area contributed by atoms with E-state index in [1.807, 2.05) is 0 Å². The van der Waals surface area contributed by atoms with E-state index in [-0.39, 0.29) is 5.69 Å². The monoisotopic (exact) mass is 271 g/mol. The molecule has 0 aliphatic rings. The molecule has 6 nitrogen and oxygen atoms in total. The van der Waals surface area contributed by atoms with E-state index >= 15 is 0 Å².